The molecule has 0 fully saturated rings. The van der Waals surface area contributed by atoms with Gasteiger partial charge in [0.05, 0.1) is 0 Å². The van der Waals surface area contributed by atoms with Gasteiger partial charge in [0.15, 0.2) is 6.10 Å². The van der Waals surface area contributed by atoms with Gasteiger partial charge in [-0.1, -0.05) is 247 Å². The standard InChI is InChI=1S/C53H102O6/c1-7-49(6)41-35-29-23-19-20-26-32-38-44-53(56)59-50(46-58-52(55)43-37-31-25-18-14-16-22-28-34-40-48(4)5)45-57-51(54)42-36-30-24-17-13-11-9-8-10-12-15-21-27-33-39-47(2)3/h47-50H,7-46H2,1-6H3/t49?,50-/m0/s1. The van der Waals surface area contributed by atoms with Crippen molar-refractivity contribution < 1.29 is 28.6 Å². The maximum absolute atomic E-state index is 12.8. The fourth-order valence-corrected chi connectivity index (χ4v) is 7.91. The normalized spacial score (nSPS) is 12.6. The molecule has 59 heavy (non-hydrogen) atoms. The van der Waals surface area contributed by atoms with Crippen LogP contribution in [-0.4, -0.2) is 37.2 Å². The van der Waals surface area contributed by atoms with E-state index in [0.717, 1.165) is 75.5 Å². The molecule has 0 bridgehead atoms. The van der Waals surface area contributed by atoms with Gasteiger partial charge in [-0.25, -0.2) is 0 Å². The van der Waals surface area contributed by atoms with E-state index in [-0.39, 0.29) is 31.1 Å². The Morgan fingerprint density at radius 2 is 0.593 bits per heavy atom. The molecule has 1 unspecified atom stereocenters. The highest BCUT2D eigenvalue weighted by atomic mass is 16.6. The van der Waals surface area contributed by atoms with Crippen molar-refractivity contribution >= 4 is 17.9 Å². The van der Waals surface area contributed by atoms with Crippen LogP contribution in [0.3, 0.4) is 0 Å². The Balaban J connectivity index is 4.30. The first-order valence-corrected chi connectivity index (χ1v) is 26.1. The molecule has 0 aromatic carbocycles. The average molecular weight is 835 g/mol. The average Bonchev–Trinajstić information content (AvgIpc) is 3.20. The molecule has 0 spiro atoms. The zero-order valence-corrected chi connectivity index (χ0v) is 40.5. The van der Waals surface area contributed by atoms with E-state index >= 15 is 0 Å². The third-order valence-corrected chi connectivity index (χ3v) is 12.3. The van der Waals surface area contributed by atoms with Gasteiger partial charge in [0.2, 0.25) is 0 Å². The van der Waals surface area contributed by atoms with Crippen LogP contribution in [0.4, 0.5) is 0 Å². The first-order valence-electron chi connectivity index (χ1n) is 26.1. The predicted octanol–water partition coefficient (Wildman–Crippen LogP) is 16.8. The first-order chi connectivity index (χ1) is 28.6. The summed E-state index contributed by atoms with van der Waals surface area (Å²) in [6, 6.07) is 0. The Kier molecular flexibility index (Phi) is 43.3. The van der Waals surface area contributed by atoms with E-state index in [2.05, 4.69) is 41.5 Å². The lowest BCUT2D eigenvalue weighted by atomic mass is 9.99. The van der Waals surface area contributed by atoms with Gasteiger partial charge < -0.3 is 14.2 Å². The first kappa shape index (κ1) is 57.4. The van der Waals surface area contributed by atoms with Crippen LogP contribution < -0.4 is 0 Å². The summed E-state index contributed by atoms with van der Waals surface area (Å²) in [6.07, 6.45) is 43.7. The van der Waals surface area contributed by atoms with Gasteiger partial charge in [-0.05, 0) is 37.0 Å². The van der Waals surface area contributed by atoms with E-state index in [1.807, 2.05) is 0 Å². The second-order valence-corrected chi connectivity index (χ2v) is 19.4. The van der Waals surface area contributed by atoms with Gasteiger partial charge in [0, 0.05) is 19.3 Å². The van der Waals surface area contributed by atoms with E-state index in [0.29, 0.717) is 19.3 Å². The monoisotopic (exact) mass is 835 g/mol. The Bertz CT molecular complexity index is 916. The summed E-state index contributed by atoms with van der Waals surface area (Å²) in [4.78, 5) is 37.9. The molecule has 350 valence electrons. The molecule has 6 nitrogen and oxygen atoms in total. The smallest absolute Gasteiger partial charge is 0.306 e. The lowest BCUT2D eigenvalue weighted by Gasteiger charge is -2.18. The molecule has 0 aromatic heterocycles. The fraction of sp³-hybridized carbons (Fsp3) is 0.943. The Morgan fingerprint density at radius 1 is 0.339 bits per heavy atom. The van der Waals surface area contributed by atoms with Crippen molar-refractivity contribution in [3.8, 4) is 0 Å². The lowest BCUT2D eigenvalue weighted by molar-refractivity contribution is -0.167. The molecule has 2 atom stereocenters. The second-order valence-electron chi connectivity index (χ2n) is 19.4. The minimum absolute atomic E-state index is 0.0650. The van der Waals surface area contributed by atoms with Crippen molar-refractivity contribution in [2.24, 2.45) is 17.8 Å². The summed E-state index contributed by atoms with van der Waals surface area (Å²) >= 11 is 0. The quantitative estimate of drug-likeness (QED) is 0.0345. The third-order valence-electron chi connectivity index (χ3n) is 12.3. The lowest BCUT2D eigenvalue weighted by Crippen LogP contribution is -2.30. The molecule has 0 aliphatic rings. The predicted molar refractivity (Wildman–Crippen MR) is 252 cm³/mol. The molecule has 0 amide bonds. The molecule has 0 saturated carbocycles. The zero-order valence-electron chi connectivity index (χ0n) is 40.5. The van der Waals surface area contributed by atoms with E-state index in [9.17, 15) is 14.4 Å². The van der Waals surface area contributed by atoms with E-state index in [1.165, 1.54) is 167 Å². The number of esters is 3. The highest BCUT2D eigenvalue weighted by molar-refractivity contribution is 5.71. The fourth-order valence-electron chi connectivity index (χ4n) is 7.91. The summed E-state index contributed by atoms with van der Waals surface area (Å²) < 4.78 is 16.8. The van der Waals surface area contributed by atoms with Crippen LogP contribution in [0.1, 0.15) is 286 Å². The molecule has 0 N–H and O–H groups in total. The number of rotatable bonds is 46. The highest BCUT2D eigenvalue weighted by Crippen LogP contribution is 2.18. The minimum atomic E-state index is -0.763. The van der Waals surface area contributed by atoms with Crippen LogP contribution in [0, 0.1) is 17.8 Å². The number of unbranched alkanes of at least 4 members (excludes halogenated alkanes) is 28. The van der Waals surface area contributed by atoms with Crippen molar-refractivity contribution in [2.45, 2.75) is 292 Å². The van der Waals surface area contributed by atoms with Crippen LogP contribution in [0.15, 0.2) is 0 Å². The van der Waals surface area contributed by atoms with Gasteiger partial charge >= 0.3 is 17.9 Å². The maximum atomic E-state index is 12.8. The van der Waals surface area contributed by atoms with Gasteiger partial charge in [-0.15, -0.1) is 0 Å². The third kappa shape index (κ3) is 45.8. The van der Waals surface area contributed by atoms with Gasteiger partial charge in [-0.3, -0.25) is 14.4 Å². The Labute approximate surface area is 368 Å². The number of carbonyl (C=O) groups excluding carboxylic acids is 3. The van der Waals surface area contributed by atoms with Gasteiger partial charge in [-0.2, -0.15) is 0 Å². The summed E-state index contributed by atoms with van der Waals surface area (Å²) in [5.41, 5.74) is 0. The van der Waals surface area contributed by atoms with Crippen molar-refractivity contribution in [1.82, 2.24) is 0 Å². The molecule has 0 saturated heterocycles. The molecule has 6 heteroatoms. The van der Waals surface area contributed by atoms with Crippen LogP contribution in [0.5, 0.6) is 0 Å². The van der Waals surface area contributed by atoms with Crippen molar-refractivity contribution in [2.75, 3.05) is 13.2 Å². The molecule has 0 aliphatic heterocycles. The number of hydrogen-bond acceptors (Lipinski definition) is 6. The topological polar surface area (TPSA) is 78.9 Å². The molecule has 0 heterocycles. The van der Waals surface area contributed by atoms with E-state index < -0.39 is 6.10 Å². The molecular formula is C53H102O6. The van der Waals surface area contributed by atoms with Crippen LogP contribution in [0.2, 0.25) is 0 Å². The SMILES string of the molecule is CCC(C)CCCCCCCCCCC(=O)O[C@@H](COC(=O)CCCCCCCCCCCCCCCCC(C)C)COC(=O)CCCCCCCCCCCC(C)C. The largest absolute Gasteiger partial charge is 0.462 e. The minimum Gasteiger partial charge on any atom is -0.462 e. The highest BCUT2D eigenvalue weighted by Gasteiger charge is 2.19. The number of ether oxygens (including phenoxy) is 3. The van der Waals surface area contributed by atoms with Crippen LogP contribution >= 0.6 is 0 Å². The zero-order chi connectivity index (χ0) is 43.4. The molecule has 0 aliphatic carbocycles. The Morgan fingerprint density at radius 3 is 0.881 bits per heavy atom. The van der Waals surface area contributed by atoms with Gasteiger partial charge in [0.1, 0.15) is 13.2 Å². The number of carbonyl (C=O) groups is 3. The summed E-state index contributed by atoms with van der Waals surface area (Å²) in [5.74, 6) is 1.64. The van der Waals surface area contributed by atoms with Gasteiger partial charge in [0.25, 0.3) is 0 Å². The van der Waals surface area contributed by atoms with Crippen molar-refractivity contribution in [3.63, 3.8) is 0 Å². The molecule has 0 radical (unpaired) electrons. The van der Waals surface area contributed by atoms with E-state index in [4.69, 9.17) is 14.2 Å². The van der Waals surface area contributed by atoms with Crippen LogP contribution in [-0.2, 0) is 28.6 Å². The second kappa shape index (κ2) is 44.5. The van der Waals surface area contributed by atoms with Crippen LogP contribution in [0.25, 0.3) is 0 Å². The van der Waals surface area contributed by atoms with E-state index in [1.54, 1.807) is 0 Å². The summed E-state index contributed by atoms with van der Waals surface area (Å²) in [7, 11) is 0. The molecular weight excluding hydrogens is 733 g/mol. The number of hydrogen-bond donors (Lipinski definition) is 0. The molecule has 0 aromatic rings. The maximum Gasteiger partial charge on any atom is 0.306 e. The van der Waals surface area contributed by atoms with Crippen molar-refractivity contribution in [3.05, 3.63) is 0 Å². The molecule has 0 rings (SSSR count). The Hall–Kier alpha value is -1.59. The summed E-state index contributed by atoms with van der Waals surface area (Å²) in [5, 5.41) is 0. The van der Waals surface area contributed by atoms with Crippen molar-refractivity contribution in [1.29, 1.82) is 0 Å². The summed E-state index contributed by atoms with van der Waals surface area (Å²) in [6.45, 7) is 13.7.